The maximum absolute atomic E-state index is 12.7. The number of nitrogens with zero attached hydrogens (tertiary/aromatic N) is 1. The van der Waals surface area contributed by atoms with E-state index in [0.717, 1.165) is 64.2 Å². The van der Waals surface area contributed by atoms with Crippen LogP contribution in [0.25, 0.3) is 0 Å². The number of unbranched alkanes of at least 4 members (excludes halogenated alkanes) is 24. The fourth-order valence-electron chi connectivity index (χ4n) is 6.55. The quantitative estimate of drug-likeness (QED) is 0.0196. The number of ether oxygens (including phenoxy) is 2. The average Bonchev–Trinajstić information content (AvgIpc) is 3.19. The van der Waals surface area contributed by atoms with Crippen molar-refractivity contribution >= 4 is 19.8 Å². The average molecular weight is 854 g/mol. The normalized spacial score (nSPS) is 13.8. The van der Waals surface area contributed by atoms with Gasteiger partial charge in [0.15, 0.2) is 6.10 Å². The molecule has 0 rings (SSSR count). The first-order chi connectivity index (χ1) is 28.5. The summed E-state index contributed by atoms with van der Waals surface area (Å²) < 4.78 is 34.0. The lowest BCUT2D eigenvalue weighted by atomic mass is 10.0. The van der Waals surface area contributed by atoms with Crippen molar-refractivity contribution in [1.29, 1.82) is 0 Å². The number of hydrogen-bond acceptors (Lipinski definition) is 8. The lowest BCUT2D eigenvalue weighted by Gasteiger charge is -2.28. The van der Waals surface area contributed by atoms with Crippen LogP contribution < -0.4 is 4.89 Å². The lowest BCUT2D eigenvalue weighted by molar-refractivity contribution is -0.870. The molecule has 0 fully saturated rings. The molecule has 0 radical (unpaired) electrons. The number of quaternary nitrogens is 1. The van der Waals surface area contributed by atoms with Crippen LogP contribution in [0.4, 0.5) is 0 Å². The Bertz CT molecular complexity index is 1100. The molecule has 0 aliphatic carbocycles. The van der Waals surface area contributed by atoms with Gasteiger partial charge in [0, 0.05) is 12.8 Å². The van der Waals surface area contributed by atoms with Gasteiger partial charge in [-0.2, -0.15) is 0 Å². The summed E-state index contributed by atoms with van der Waals surface area (Å²) in [6.07, 6.45) is 47.4. The topological polar surface area (TPSA) is 111 Å². The molecule has 0 saturated carbocycles. The highest BCUT2D eigenvalue weighted by Crippen LogP contribution is 2.38. The van der Waals surface area contributed by atoms with E-state index in [0.29, 0.717) is 23.9 Å². The van der Waals surface area contributed by atoms with Gasteiger partial charge in [0.2, 0.25) is 0 Å². The summed E-state index contributed by atoms with van der Waals surface area (Å²) in [7, 11) is 1.16. The summed E-state index contributed by atoms with van der Waals surface area (Å²) in [5.41, 5.74) is 0. The number of allylic oxidation sites excluding steroid dienone is 6. The zero-order chi connectivity index (χ0) is 43.6. The van der Waals surface area contributed by atoms with E-state index >= 15 is 0 Å². The van der Waals surface area contributed by atoms with Crippen LogP contribution in [0, 0.1) is 0 Å². The SMILES string of the molecule is CCCC/C=C/C/C=C/CCCCCCCC(=O)OC[C@H](COP(=O)([O-])OCC[N+](C)(C)C)OC(=O)CCCCCCCCCCCCC/C=C/CCCCCCCC. The molecular formula is C49H92NO8P. The number of phosphoric ester groups is 1. The Labute approximate surface area is 363 Å². The summed E-state index contributed by atoms with van der Waals surface area (Å²) in [5.74, 6) is -0.847. The fraction of sp³-hybridized carbons (Fsp3) is 0.837. The highest BCUT2D eigenvalue weighted by molar-refractivity contribution is 7.45. The third kappa shape index (κ3) is 45.6. The van der Waals surface area contributed by atoms with Gasteiger partial charge in [0.05, 0.1) is 27.7 Å². The molecule has 59 heavy (non-hydrogen) atoms. The summed E-state index contributed by atoms with van der Waals surface area (Å²) >= 11 is 0. The highest BCUT2D eigenvalue weighted by Gasteiger charge is 2.21. The van der Waals surface area contributed by atoms with Crippen LogP contribution in [-0.2, 0) is 32.7 Å². The summed E-state index contributed by atoms with van der Waals surface area (Å²) in [5, 5.41) is 0. The van der Waals surface area contributed by atoms with Crippen LogP contribution in [-0.4, -0.2) is 70.0 Å². The van der Waals surface area contributed by atoms with Crippen LogP contribution >= 0.6 is 7.82 Å². The van der Waals surface area contributed by atoms with E-state index in [-0.39, 0.29) is 26.1 Å². The van der Waals surface area contributed by atoms with Crippen molar-refractivity contribution in [3.05, 3.63) is 36.5 Å². The van der Waals surface area contributed by atoms with Crippen molar-refractivity contribution in [1.82, 2.24) is 0 Å². The molecule has 0 heterocycles. The highest BCUT2D eigenvalue weighted by atomic mass is 31.2. The van der Waals surface area contributed by atoms with E-state index in [9.17, 15) is 19.0 Å². The first kappa shape index (κ1) is 57.2. The van der Waals surface area contributed by atoms with Crippen LogP contribution in [0.15, 0.2) is 36.5 Å². The van der Waals surface area contributed by atoms with Crippen LogP contribution in [0.1, 0.15) is 213 Å². The number of carbonyl (C=O) groups excluding carboxylic acids is 2. The van der Waals surface area contributed by atoms with Crippen LogP contribution in [0.3, 0.4) is 0 Å². The lowest BCUT2D eigenvalue weighted by Crippen LogP contribution is -2.37. The van der Waals surface area contributed by atoms with Crippen LogP contribution in [0.5, 0.6) is 0 Å². The Kier molecular flexibility index (Phi) is 40.3. The molecule has 10 heteroatoms. The predicted octanol–water partition coefficient (Wildman–Crippen LogP) is 13.5. The van der Waals surface area contributed by atoms with Crippen molar-refractivity contribution in [3.8, 4) is 0 Å². The maximum Gasteiger partial charge on any atom is 0.306 e. The maximum atomic E-state index is 12.7. The van der Waals surface area contributed by atoms with E-state index in [1.165, 1.54) is 109 Å². The molecule has 1 unspecified atom stereocenters. The number of likely N-dealkylation sites (N-methyl/N-ethyl adjacent to an activating group) is 1. The predicted molar refractivity (Wildman–Crippen MR) is 245 cm³/mol. The number of carbonyl (C=O) groups is 2. The minimum absolute atomic E-state index is 0.0330. The second kappa shape index (κ2) is 41.6. The minimum atomic E-state index is -4.63. The van der Waals surface area contributed by atoms with E-state index in [1.807, 2.05) is 21.1 Å². The van der Waals surface area contributed by atoms with E-state index in [2.05, 4.69) is 50.3 Å². The smallest absolute Gasteiger partial charge is 0.306 e. The molecule has 0 spiro atoms. The summed E-state index contributed by atoms with van der Waals surface area (Å²) in [6.45, 7) is 4.18. The molecule has 2 atom stereocenters. The van der Waals surface area contributed by atoms with Gasteiger partial charge in [-0.15, -0.1) is 0 Å². The molecule has 0 aromatic carbocycles. The zero-order valence-electron chi connectivity index (χ0n) is 39.0. The Morgan fingerprint density at radius 3 is 1.41 bits per heavy atom. The summed E-state index contributed by atoms with van der Waals surface area (Å²) in [4.78, 5) is 37.6. The van der Waals surface area contributed by atoms with Gasteiger partial charge in [0.25, 0.3) is 7.82 Å². The van der Waals surface area contributed by atoms with Gasteiger partial charge in [-0.3, -0.25) is 14.2 Å². The monoisotopic (exact) mass is 854 g/mol. The molecule has 0 bridgehead atoms. The molecule has 9 nitrogen and oxygen atoms in total. The first-order valence-corrected chi connectivity index (χ1v) is 25.7. The number of phosphoric acid groups is 1. The van der Waals surface area contributed by atoms with E-state index in [4.69, 9.17) is 18.5 Å². The van der Waals surface area contributed by atoms with Gasteiger partial charge in [-0.05, 0) is 64.2 Å². The summed E-state index contributed by atoms with van der Waals surface area (Å²) in [6, 6.07) is 0. The van der Waals surface area contributed by atoms with Gasteiger partial charge < -0.3 is 27.9 Å². The second-order valence-corrected chi connectivity index (χ2v) is 18.9. The Hall–Kier alpha value is -1.77. The Balaban J connectivity index is 4.27. The van der Waals surface area contributed by atoms with Gasteiger partial charge >= 0.3 is 11.9 Å². The zero-order valence-corrected chi connectivity index (χ0v) is 39.8. The standard InChI is InChI=1S/C49H92NO8P/c1-6-8-10-12-14-16-18-20-22-23-24-25-26-27-28-30-32-34-36-38-40-42-49(52)58-47(46-57-59(53,54)56-44-43-50(3,4)5)45-55-48(51)41-39-37-35-33-31-29-21-19-17-15-13-11-9-7-2/h13,15,19-22,47H,6-12,14,16-18,23-46H2,1-5H3/b15-13+,21-19+,22-20+/t47-/m1/s1. The van der Waals surface area contributed by atoms with Crippen molar-refractivity contribution in [2.24, 2.45) is 0 Å². The molecule has 0 N–H and O–H groups in total. The molecule has 0 aromatic heterocycles. The van der Waals surface area contributed by atoms with E-state index in [1.54, 1.807) is 0 Å². The molecule has 0 saturated heterocycles. The van der Waals surface area contributed by atoms with Gasteiger partial charge in [-0.25, -0.2) is 0 Å². The van der Waals surface area contributed by atoms with Crippen molar-refractivity contribution < 1.29 is 42.1 Å². The molecule has 0 aromatic rings. The molecule has 0 amide bonds. The Morgan fingerprint density at radius 1 is 0.525 bits per heavy atom. The third-order valence-electron chi connectivity index (χ3n) is 10.4. The molecular weight excluding hydrogens is 762 g/mol. The number of hydrogen-bond donors (Lipinski definition) is 0. The van der Waals surface area contributed by atoms with Gasteiger partial charge in [0.1, 0.15) is 19.8 Å². The fourth-order valence-corrected chi connectivity index (χ4v) is 7.28. The molecule has 0 aliphatic rings. The first-order valence-electron chi connectivity index (χ1n) is 24.2. The van der Waals surface area contributed by atoms with E-state index < -0.39 is 32.5 Å². The molecule has 0 aliphatic heterocycles. The number of esters is 2. The molecule has 346 valence electrons. The van der Waals surface area contributed by atoms with Crippen molar-refractivity contribution in [2.75, 3.05) is 47.5 Å². The minimum Gasteiger partial charge on any atom is -0.756 e. The van der Waals surface area contributed by atoms with Crippen molar-refractivity contribution in [3.63, 3.8) is 0 Å². The van der Waals surface area contributed by atoms with Crippen molar-refractivity contribution in [2.45, 2.75) is 219 Å². The Morgan fingerprint density at radius 2 is 0.932 bits per heavy atom. The van der Waals surface area contributed by atoms with Crippen LogP contribution in [0.2, 0.25) is 0 Å². The second-order valence-electron chi connectivity index (χ2n) is 17.5. The number of rotatable bonds is 44. The largest absolute Gasteiger partial charge is 0.756 e. The van der Waals surface area contributed by atoms with Gasteiger partial charge in [-0.1, -0.05) is 172 Å². The third-order valence-corrected chi connectivity index (χ3v) is 11.3.